The topological polar surface area (TPSA) is 50.2 Å². The zero-order valence-corrected chi connectivity index (χ0v) is 11.7. The molecular formula is C12H21ClN4O. The molecule has 1 aromatic heterocycles. The fourth-order valence-corrected chi connectivity index (χ4v) is 2.29. The molecule has 1 atom stereocenters. The van der Waals surface area contributed by atoms with E-state index in [2.05, 4.69) is 16.6 Å². The fourth-order valence-electron chi connectivity index (χ4n) is 2.29. The molecule has 6 heteroatoms. The minimum atomic E-state index is 0. The molecule has 1 N–H and O–H groups in total. The Bertz CT molecular complexity index is 393. The van der Waals surface area contributed by atoms with E-state index in [1.807, 2.05) is 22.7 Å². The number of aryl methyl sites for hydroxylation is 1. The second-order valence-corrected chi connectivity index (χ2v) is 4.66. The van der Waals surface area contributed by atoms with Gasteiger partial charge >= 0.3 is 0 Å². The van der Waals surface area contributed by atoms with Crippen molar-refractivity contribution in [3.8, 4) is 0 Å². The third-order valence-corrected chi connectivity index (χ3v) is 3.18. The SMILES string of the molecule is CNCC(=O)N1CCCC(n2cc(C)cn2)C1.Cl. The van der Waals surface area contributed by atoms with Crippen LogP contribution < -0.4 is 5.32 Å². The number of carbonyl (C=O) groups is 1. The third kappa shape index (κ3) is 3.46. The van der Waals surface area contributed by atoms with Crippen molar-refractivity contribution in [3.63, 3.8) is 0 Å². The summed E-state index contributed by atoms with van der Waals surface area (Å²) in [5, 5.41) is 7.25. The molecule has 0 radical (unpaired) electrons. The number of aromatic nitrogens is 2. The summed E-state index contributed by atoms with van der Waals surface area (Å²) in [5.74, 6) is 0.182. The van der Waals surface area contributed by atoms with Crippen molar-refractivity contribution in [3.05, 3.63) is 18.0 Å². The van der Waals surface area contributed by atoms with Gasteiger partial charge in [-0.1, -0.05) is 0 Å². The summed E-state index contributed by atoms with van der Waals surface area (Å²) in [7, 11) is 1.80. The molecule has 0 aromatic carbocycles. The van der Waals surface area contributed by atoms with E-state index in [1.54, 1.807) is 7.05 Å². The molecule has 102 valence electrons. The van der Waals surface area contributed by atoms with E-state index in [9.17, 15) is 4.79 Å². The highest BCUT2D eigenvalue weighted by molar-refractivity contribution is 5.85. The number of piperidine rings is 1. The van der Waals surface area contributed by atoms with Gasteiger partial charge in [-0.3, -0.25) is 9.48 Å². The largest absolute Gasteiger partial charge is 0.339 e. The Labute approximate surface area is 114 Å². The maximum Gasteiger partial charge on any atom is 0.236 e. The van der Waals surface area contributed by atoms with Gasteiger partial charge in [0.15, 0.2) is 0 Å². The summed E-state index contributed by atoms with van der Waals surface area (Å²) in [6.07, 6.45) is 6.08. The molecule has 1 aliphatic heterocycles. The van der Waals surface area contributed by atoms with Crippen LogP contribution in [0.25, 0.3) is 0 Å². The first-order valence-corrected chi connectivity index (χ1v) is 6.14. The van der Waals surface area contributed by atoms with Crippen LogP contribution in [0.15, 0.2) is 12.4 Å². The Morgan fingerprint density at radius 2 is 2.39 bits per heavy atom. The molecule has 0 aliphatic carbocycles. The standard InChI is InChI=1S/C12H20N4O.ClH/c1-10-6-14-16(8-10)11-4-3-5-15(9-11)12(17)7-13-2;/h6,8,11,13H,3-5,7,9H2,1-2H3;1H. The average Bonchev–Trinajstić information content (AvgIpc) is 2.76. The van der Waals surface area contributed by atoms with Crippen LogP contribution in [0.4, 0.5) is 0 Å². The normalized spacial score (nSPS) is 19.4. The Balaban J connectivity index is 0.00000162. The van der Waals surface area contributed by atoms with Gasteiger partial charge in [0.05, 0.1) is 18.8 Å². The fraction of sp³-hybridized carbons (Fsp3) is 0.667. The van der Waals surface area contributed by atoms with Gasteiger partial charge in [-0.25, -0.2) is 0 Å². The van der Waals surface area contributed by atoms with Crippen molar-refractivity contribution in [2.45, 2.75) is 25.8 Å². The van der Waals surface area contributed by atoms with E-state index >= 15 is 0 Å². The van der Waals surface area contributed by atoms with Gasteiger partial charge in [-0.2, -0.15) is 5.10 Å². The second-order valence-electron chi connectivity index (χ2n) is 4.66. The van der Waals surface area contributed by atoms with Gasteiger partial charge in [0.2, 0.25) is 5.91 Å². The minimum absolute atomic E-state index is 0. The first-order valence-electron chi connectivity index (χ1n) is 6.14. The highest BCUT2D eigenvalue weighted by atomic mass is 35.5. The zero-order valence-electron chi connectivity index (χ0n) is 10.9. The summed E-state index contributed by atoms with van der Waals surface area (Å²) in [4.78, 5) is 13.7. The number of amides is 1. The van der Waals surface area contributed by atoms with Crippen LogP contribution in [0, 0.1) is 6.92 Å². The number of rotatable bonds is 3. The second kappa shape index (κ2) is 6.75. The molecule has 18 heavy (non-hydrogen) atoms. The average molecular weight is 273 g/mol. The summed E-state index contributed by atoms with van der Waals surface area (Å²) in [6, 6.07) is 0.332. The molecule has 1 fully saturated rings. The van der Waals surface area contributed by atoms with E-state index in [0.717, 1.165) is 25.9 Å². The van der Waals surface area contributed by atoms with Crippen molar-refractivity contribution in [1.82, 2.24) is 20.0 Å². The lowest BCUT2D eigenvalue weighted by molar-refractivity contribution is -0.131. The summed E-state index contributed by atoms with van der Waals surface area (Å²) < 4.78 is 1.99. The Kier molecular flexibility index (Phi) is 5.62. The molecule has 1 aromatic rings. The lowest BCUT2D eigenvalue weighted by Crippen LogP contribution is -2.44. The molecule has 0 bridgehead atoms. The summed E-state index contributed by atoms with van der Waals surface area (Å²) in [6.45, 7) is 4.11. The molecule has 2 rings (SSSR count). The van der Waals surface area contributed by atoms with E-state index < -0.39 is 0 Å². The van der Waals surface area contributed by atoms with E-state index in [0.29, 0.717) is 12.6 Å². The van der Waals surface area contributed by atoms with Gasteiger partial charge in [0.1, 0.15) is 0 Å². The first kappa shape index (κ1) is 15.0. The summed E-state index contributed by atoms with van der Waals surface area (Å²) >= 11 is 0. The maximum absolute atomic E-state index is 11.8. The van der Waals surface area contributed by atoms with Crippen LogP contribution >= 0.6 is 12.4 Å². The number of hydrogen-bond acceptors (Lipinski definition) is 3. The van der Waals surface area contributed by atoms with E-state index in [-0.39, 0.29) is 18.3 Å². The molecule has 0 spiro atoms. The van der Waals surface area contributed by atoms with Crippen LogP contribution in [-0.4, -0.2) is 47.3 Å². The molecule has 0 saturated carbocycles. The molecule has 1 unspecified atom stereocenters. The smallest absolute Gasteiger partial charge is 0.236 e. The number of hydrogen-bond donors (Lipinski definition) is 1. The van der Waals surface area contributed by atoms with Gasteiger partial charge in [0.25, 0.3) is 0 Å². The van der Waals surface area contributed by atoms with Crippen molar-refractivity contribution < 1.29 is 4.79 Å². The van der Waals surface area contributed by atoms with Crippen LogP contribution in [-0.2, 0) is 4.79 Å². The molecule has 1 saturated heterocycles. The van der Waals surface area contributed by atoms with Crippen LogP contribution in [0.2, 0.25) is 0 Å². The maximum atomic E-state index is 11.8. The van der Waals surface area contributed by atoms with E-state index in [4.69, 9.17) is 0 Å². The Morgan fingerprint density at radius 1 is 1.61 bits per heavy atom. The third-order valence-electron chi connectivity index (χ3n) is 3.18. The van der Waals surface area contributed by atoms with Gasteiger partial charge in [-0.05, 0) is 32.4 Å². The quantitative estimate of drug-likeness (QED) is 0.893. The number of nitrogens with one attached hydrogen (secondary N) is 1. The van der Waals surface area contributed by atoms with Crippen molar-refractivity contribution in [2.75, 3.05) is 26.7 Å². The van der Waals surface area contributed by atoms with Gasteiger partial charge < -0.3 is 10.2 Å². The molecule has 1 aliphatic rings. The van der Waals surface area contributed by atoms with E-state index in [1.165, 1.54) is 5.56 Å². The number of carbonyl (C=O) groups excluding carboxylic acids is 1. The summed E-state index contributed by atoms with van der Waals surface area (Å²) in [5.41, 5.74) is 1.17. The predicted octanol–water partition coefficient (Wildman–Crippen LogP) is 0.996. The molecule has 5 nitrogen and oxygen atoms in total. The number of likely N-dealkylation sites (N-methyl/N-ethyl adjacent to an activating group) is 1. The van der Waals surface area contributed by atoms with Gasteiger partial charge in [-0.15, -0.1) is 12.4 Å². The molecule has 2 heterocycles. The van der Waals surface area contributed by atoms with Gasteiger partial charge in [0, 0.05) is 19.3 Å². The Morgan fingerprint density at radius 3 is 3.00 bits per heavy atom. The molecule has 1 amide bonds. The minimum Gasteiger partial charge on any atom is -0.339 e. The van der Waals surface area contributed by atoms with Crippen LogP contribution in [0.5, 0.6) is 0 Å². The lowest BCUT2D eigenvalue weighted by atomic mass is 10.1. The lowest BCUT2D eigenvalue weighted by Gasteiger charge is -2.32. The number of likely N-dealkylation sites (tertiary alicyclic amines) is 1. The highest BCUT2D eigenvalue weighted by Gasteiger charge is 2.24. The first-order chi connectivity index (χ1) is 8.20. The molecular weight excluding hydrogens is 252 g/mol. The number of halogens is 1. The van der Waals surface area contributed by atoms with Crippen molar-refractivity contribution >= 4 is 18.3 Å². The zero-order chi connectivity index (χ0) is 12.3. The highest BCUT2D eigenvalue weighted by Crippen LogP contribution is 2.21. The van der Waals surface area contributed by atoms with Crippen LogP contribution in [0.3, 0.4) is 0 Å². The Hall–Kier alpha value is -1.07. The monoisotopic (exact) mass is 272 g/mol. The predicted molar refractivity (Wildman–Crippen MR) is 73.0 cm³/mol. The van der Waals surface area contributed by atoms with Crippen molar-refractivity contribution in [1.29, 1.82) is 0 Å². The number of nitrogens with zero attached hydrogens (tertiary/aromatic N) is 3. The van der Waals surface area contributed by atoms with Crippen LogP contribution in [0.1, 0.15) is 24.4 Å². The van der Waals surface area contributed by atoms with Crippen molar-refractivity contribution in [2.24, 2.45) is 0 Å².